The highest BCUT2D eigenvalue weighted by Gasteiger charge is 2.21. The first kappa shape index (κ1) is 18.8. The highest BCUT2D eigenvalue weighted by atomic mass is 79.9. The topological polar surface area (TPSA) is 77.2 Å². The molecule has 1 aromatic carbocycles. The second kappa shape index (κ2) is 8.02. The van der Waals surface area contributed by atoms with Crippen LogP contribution in [0.15, 0.2) is 38.4 Å². The summed E-state index contributed by atoms with van der Waals surface area (Å²) in [7, 11) is 0. The van der Waals surface area contributed by atoms with Gasteiger partial charge in [-0.15, -0.1) is 10.2 Å². The van der Waals surface area contributed by atoms with Gasteiger partial charge in [-0.3, -0.25) is 0 Å². The van der Waals surface area contributed by atoms with Gasteiger partial charge < -0.3 is 14.5 Å². The summed E-state index contributed by atoms with van der Waals surface area (Å²) in [6.45, 7) is 7.18. The fraction of sp³-hybridized carbons (Fsp3) is 0.438. The molecule has 24 heavy (non-hydrogen) atoms. The number of carbonyl (C=O) groups excluding carboxylic acids is 1. The second-order valence-corrected chi connectivity index (χ2v) is 8.03. The van der Waals surface area contributed by atoms with E-state index >= 15 is 0 Å². The van der Waals surface area contributed by atoms with Crippen molar-refractivity contribution in [3.63, 3.8) is 0 Å². The molecule has 1 aromatic heterocycles. The third-order valence-corrected chi connectivity index (χ3v) is 4.16. The van der Waals surface area contributed by atoms with E-state index in [0.717, 1.165) is 15.8 Å². The molecule has 0 saturated heterocycles. The molecule has 1 heterocycles. The Morgan fingerprint density at radius 3 is 2.83 bits per heavy atom. The van der Waals surface area contributed by atoms with Crippen LogP contribution in [0.5, 0.6) is 0 Å². The van der Waals surface area contributed by atoms with E-state index in [2.05, 4.69) is 31.4 Å². The number of halogens is 1. The number of hydrogen-bond donors (Lipinski definition) is 1. The molecule has 6 nitrogen and oxygen atoms in total. The van der Waals surface area contributed by atoms with Crippen LogP contribution in [-0.4, -0.2) is 21.9 Å². The van der Waals surface area contributed by atoms with Crippen molar-refractivity contribution in [2.75, 3.05) is 0 Å². The van der Waals surface area contributed by atoms with Gasteiger partial charge in [-0.2, -0.15) is 0 Å². The fourth-order valence-electron chi connectivity index (χ4n) is 1.77. The molecule has 0 aliphatic carbocycles. The molecule has 2 aromatic rings. The maximum Gasteiger partial charge on any atom is 0.408 e. The molecular weight excluding hydrogens is 394 g/mol. The largest absolute Gasteiger partial charge is 0.444 e. The predicted octanol–water partition coefficient (Wildman–Crippen LogP) is 4.71. The Balaban J connectivity index is 1.89. The molecule has 8 heteroatoms. The van der Waals surface area contributed by atoms with Crippen LogP contribution in [-0.2, 0) is 10.5 Å². The van der Waals surface area contributed by atoms with Crippen molar-refractivity contribution in [2.45, 2.75) is 50.3 Å². The molecule has 0 spiro atoms. The van der Waals surface area contributed by atoms with Crippen molar-refractivity contribution in [3.8, 4) is 0 Å². The first-order valence-electron chi connectivity index (χ1n) is 7.43. The van der Waals surface area contributed by atoms with Crippen LogP contribution in [0.25, 0.3) is 0 Å². The number of nitrogens with one attached hydrogen (secondary N) is 1. The van der Waals surface area contributed by atoms with Gasteiger partial charge in [0.15, 0.2) is 0 Å². The summed E-state index contributed by atoms with van der Waals surface area (Å²) < 4.78 is 11.8. The lowest BCUT2D eigenvalue weighted by molar-refractivity contribution is 0.0500. The summed E-state index contributed by atoms with van der Waals surface area (Å²) in [6.07, 6.45) is -0.517. The number of nitrogens with zero attached hydrogens (tertiary/aromatic N) is 2. The normalized spacial score (nSPS) is 12.7. The molecule has 0 bridgehead atoms. The Hall–Kier alpha value is -1.54. The minimum atomic E-state index is -0.552. The Morgan fingerprint density at radius 1 is 1.42 bits per heavy atom. The summed E-state index contributed by atoms with van der Waals surface area (Å²) in [4.78, 5) is 11.8. The van der Waals surface area contributed by atoms with Crippen molar-refractivity contribution >= 4 is 33.8 Å². The molecule has 0 aliphatic heterocycles. The Kier molecular flexibility index (Phi) is 6.28. The Bertz CT molecular complexity index is 700. The van der Waals surface area contributed by atoms with Crippen molar-refractivity contribution < 1.29 is 13.9 Å². The number of thioether (sulfide) groups is 1. The van der Waals surface area contributed by atoms with Crippen LogP contribution in [0.1, 0.15) is 45.2 Å². The quantitative estimate of drug-likeness (QED) is 0.714. The number of rotatable bonds is 5. The van der Waals surface area contributed by atoms with Crippen LogP contribution in [0.3, 0.4) is 0 Å². The first-order chi connectivity index (χ1) is 11.2. The van der Waals surface area contributed by atoms with Crippen molar-refractivity contribution in [1.29, 1.82) is 0 Å². The average Bonchev–Trinajstić information content (AvgIpc) is 2.92. The van der Waals surface area contributed by atoms with Crippen molar-refractivity contribution in [2.24, 2.45) is 0 Å². The number of hydrogen-bond acceptors (Lipinski definition) is 6. The number of benzene rings is 1. The van der Waals surface area contributed by atoms with Crippen LogP contribution < -0.4 is 5.32 Å². The molecule has 1 unspecified atom stereocenters. The summed E-state index contributed by atoms with van der Waals surface area (Å²) in [5.74, 6) is 1.06. The van der Waals surface area contributed by atoms with Gasteiger partial charge in [-0.25, -0.2) is 4.79 Å². The third-order valence-electron chi connectivity index (χ3n) is 2.78. The summed E-state index contributed by atoms with van der Waals surface area (Å²) in [5, 5.41) is 11.1. The van der Waals surface area contributed by atoms with Gasteiger partial charge in [0.2, 0.25) is 5.89 Å². The van der Waals surface area contributed by atoms with E-state index in [-0.39, 0.29) is 0 Å². The minimum absolute atomic E-state index is 0.345. The highest BCUT2D eigenvalue weighted by Crippen LogP contribution is 2.24. The predicted molar refractivity (Wildman–Crippen MR) is 95.8 cm³/mol. The van der Waals surface area contributed by atoms with E-state index < -0.39 is 17.7 Å². The van der Waals surface area contributed by atoms with E-state index in [1.54, 1.807) is 27.7 Å². The van der Waals surface area contributed by atoms with Gasteiger partial charge in [-0.1, -0.05) is 39.8 Å². The van der Waals surface area contributed by atoms with Crippen molar-refractivity contribution in [1.82, 2.24) is 15.5 Å². The zero-order chi connectivity index (χ0) is 17.7. The summed E-state index contributed by atoms with van der Waals surface area (Å²) >= 11 is 4.89. The number of carbonyl (C=O) groups is 1. The van der Waals surface area contributed by atoms with Crippen molar-refractivity contribution in [3.05, 3.63) is 40.2 Å². The lowest BCUT2D eigenvalue weighted by Crippen LogP contribution is -2.34. The lowest BCUT2D eigenvalue weighted by atomic mass is 10.2. The number of amides is 1. The molecule has 0 fully saturated rings. The van der Waals surface area contributed by atoms with Crippen LogP contribution >= 0.6 is 27.7 Å². The average molecular weight is 414 g/mol. The monoisotopic (exact) mass is 413 g/mol. The van der Waals surface area contributed by atoms with Crippen LogP contribution in [0, 0.1) is 0 Å². The first-order valence-corrected chi connectivity index (χ1v) is 9.21. The van der Waals surface area contributed by atoms with E-state index in [1.807, 2.05) is 24.3 Å². The van der Waals surface area contributed by atoms with Gasteiger partial charge >= 0.3 is 6.09 Å². The molecule has 1 N–H and O–H groups in total. The maximum atomic E-state index is 11.8. The molecule has 0 aliphatic rings. The van der Waals surface area contributed by atoms with E-state index in [9.17, 15) is 4.79 Å². The summed E-state index contributed by atoms with van der Waals surface area (Å²) in [6, 6.07) is 7.60. The van der Waals surface area contributed by atoms with Gasteiger partial charge in [0.1, 0.15) is 11.6 Å². The molecule has 1 atom stereocenters. The number of ether oxygens (including phenoxy) is 1. The van der Waals surface area contributed by atoms with Gasteiger partial charge in [0.25, 0.3) is 5.22 Å². The maximum absolute atomic E-state index is 11.8. The van der Waals surface area contributed by atoms with E-state index in [4.69, 9.17) is 9.15 Å². The van der Waals surface area contributed by atoms with Crippen LogP contribution in [0.2, 0.25) is 0 Å². The molecule has 0 saturated carbocycles. The Labute approximate surface area is 153 Å². The molecule has 2 rings (SSSR count). The minimum Gasteiger partial charge on any atom is -0.444 e. The Morgan fingerprint density at radius 2 is 2.17 bits per heavy atom. The van der Waals surface area contributed by atoms with E-state index in [0.29, 0.717) is 11.1 Å². The fourth-order valence-corrected chi connectivity index (χ4v) is 2.93. The molecular formula is C16H20BrN3O3S. The second-order valence-electron chi connectivity index (χ2n) is 6.19. The van der Waals surface area contributed by atoms with Crippen LogP contribution in [0.4, 0.5) is 4.79 Å². The molecule has 130 valence electrons. The number of alkyl carbamates (subject to hydrolysis) is 1. The van der Waals surface area contributed by atoms with Gasteiger partial charge in [-0.05, 0) is 45.4 Å². The lowest BCUT2D eigenvalue weighted by Gasteiger charge is -2.20. The molecule has 1 amide bonds. The zero-order valence-corrected chi connectivity index (χ0v) is 16.4. The summed E-state index contributed by atoms with van der Waals surface area (Å²) in [5.41, 5.74) is 0.595. The van der Waals surface area contributed by atoms with E-state index in [1.165, 1.54) is 11.8 Å². The van der Waals surface area contributed by atoms with Gasteiger partial charge in [0.05, 0.1) is 0 Å². The standard InChI is InChI=1S/C16H20BrN3O3S/c1-10(18-14(21)23-16(2,3)4)13-19-20-15(22-13)24-9-11-6-5-7-12(17)8-11/h5-8,10H,9H2,1-4H3,(H,18,21). The smallest absolute Gasteiger partial charge is 0.408 e. The SMILES string of the molecule is CC(NC(=O)OC(C)(C)C)c1nnc(SCc2cccc(Br)c2)o1. The molecule has 0 radical (unpaired) electrons. The highest BCUT2D eigenvalue weighted by molar-refractivity contribution is 9.10. The zero-order valence-electron chi connectivity index (χ0n) is 14.0. The van der Waals surface area contributed by atoms with Gasteiger partial charge in [0, 0.05) is 10.2 Å². The third kappa shape index (κ3) is 6.16. The number of aromatic nitrogens is 2.